The normalized spacial score (nSPS) is 18.2. The van der Waals surface area contributed by atoms with Crippen LogP contribution in [0, 0.1) is 5.82 Å². The molecule has 1 aromatic carbocycles. The van der Waals surface area contributed by atoms with Crippen LogP contribution in [0.4, 0.5) is 10.1 Å². The van der Waals surface area contributed by atoms with E-state index in [1.807, 2.05) is 17.9 Å². The maximum atomic E-state index is 13.2. The molecule has 0 radical (unpaired) electrons. The number of fused-ring (bicyclic) bond motifs is 1. The van der Waals surface area contributed by atoms with Crippen molar-refractivity contribution in [2.75, 3.05) is 5.32 Å². The van der Waals surface area contributed by atoms with E-state index in [1.54, 1.807) is 12.1 Å². The maximum Gasteiger partial charge on any atom is 0.137 e. The van der Waals surface area contributed by atoms with Gasteiger partial charge >= 0.3 is 0 Å². The third-order valence-electron chi connectivity index (χ3n) is 3.64. The Labute approximate surface area is 119 Å². The van der Waals surface area contributed by atoms with Crippen molar-refractivity contribution in [3.05, 3.63) is 45.9 Å². The zero-order chi connectivity index (χ0) is 13.4. The molecule has 100 valence electrons. The first-order valence-corrected chi connectivity index (χ1v) is 7.17. The second-order valence-electron chi connectivity index (χ2n) is 4.89. The summed E-state index contributed by atoms with van der Waals surface area (Å²) in [5.41, 5.74) is 3.48. The number of nitrogens with one attached hydrogen (secondary N) is 1. The average molecular weight is 324 g/mol. The molecule has 1 aromatic heterocycles. The molecule has 0 amide bonds. The minimum absolute atomic E-state index is 0.240. The topological polar surface area (TPSA) is 29.9 Å². The highest BCUT2D eigenvalue weighted by molar-refractivity contribution is 9.10. The number of anilines is 1. The molecule has 0 saturated carbocycles. The SMILES string of the molecule is Cn1ncc2c1CCCC2Nc1ccc(F)c(Br)c1. The Morgan fingerprint density at radius 2 is 2.32 bits per heavy atom. The Balaban J connectivity index is 1.86. The first-order chi connectivity index (χ1) is 9.15. The Hall–Kier alpha value is -1.36. The van der Waals surface area contributed by atoms with Gasteiger partial charge in [-0.3, -0.25) is 4.68 Å². The minimum Gasteiger partial charge on any atom is -0.378 e. The molecule has 3 nitrogen and oxygen atoms in total. The molecule has 0 spiro atoms. The number of aryl methyl sites for hydroxylation is 1. The van der Waals surface area contributed by atoms with Gasteiger partial charge in [-0.05, 0) is 53.4 Å². The van der Waals surface area contributed by atoms with E-state index in [2.05, 4.69) is 26.3 Å². The second kappa shape index (κ2) is 4.96. The predicted molar refractivity (Wildman–Crippen MR) is 76.6 cm³/mol. The monoisotopic (exact) mass is 323 g/mol. The van der Waals surface area contributed by atoms with E-state index in [0.717, 1.165) is 24.9 Å². The molecule has 0 aliphatic heterocycles. The first-order valence-electron chi connectivity index (χ1n) is 6.37. The first kappa shape index (κ1) is 12.7. The van der Waals surface area contributed by atoms with Gasteiger partial charge < -0.3 is 5.32 Å². The third kappa shape index (κ3) is 2.39. The molecule has 0 saturated heterocycles. The van der Waals surface area contributed by atoms with Crippen LogP contribution in [0.15, 0.2) is 28.9 Å². The number of nitrogens with zero attached hydrogens (tertiary/aromatic N) is 2. The lowest BCUT2D eigenvalue weighted by atomic mass is 9.93. The number of aromatic nitrogens is 2. The van der Waals surface area contributed by atoms with E-state index < -0.39 is 0 Å². The van der Waals surface area contributed by atoms with Crippen LogP contribution in [0.5, 0.6) is 0 Å². The highest BCUT2D eigenvalue weighted by Crippen LogP contribution is 2.32. The highest BCUT2D eigenvalue weighted by atomic mass is 79.9. The summed E-state index contributed by atoms with van der Waals surface area (Å²) in [4.78, 5) is 0. The van der Waals surface area contributed by atoms with Crippen molar-refractivity contribution in [2.24, 2.45) is 7.05 Å². The summed E-state index contributed by atoms with van der Waals surface area (Å²) >= 11 is 3.22. The van der Waals surface area contributed by atoms with E-state index >= 15 is 0 Å². The fourth-order valence-electron chi connectivity index (χ4n) is 2.64. The number of hydrogen-bond acceptors (Lipinski definition) is 2. The van der Waals surface area contributed by atoms with Crippen molar-refractivity contribution in [1.29, 1.82) is 0 Å². The average Bonchev–Trinajstić information content (AvgIpc) is 2.77. The summed E-state index contributed by atoms with van der Waals surface area (Å²) in [6.45, 7) is 0. The van der Waals surface area contributed by atoms with E-state index in [9.17, 15) is 4.39 Å². The smallest absolute Gasteiger partial charge is 0.137 e. The summed E-state index contributed by atoms with van der Waals surface area (Å²) in [5, 5.41) is 7.80. The Morgan fingerprint density at radius 1 is 1.47 bits per heavy atom. The van der Waals surface area contributed by atoms with E-state index in [0.29, 0.717) is 4.47 Å². The van der Waals surface area contributed by atoms with E-state index in [-0.39, 0.29) is 11.9 Å². The minimum atomic E-state index is -0.240. The van der Waals surface area contributed by atoms with Crippen molar-refractivity contribution in [1.82, 2.24) is 9.78 Å². The molecule has 1 heterocycles. The van der Waals surface area contributed by atoms with Gasteiger partial charge in [-0.1, -0.05) is 0 Å². The molecule has 1 unspecified atom stereocenters. The molecule has 1 atom stereocenters. The van der Waals surface area contributed by atoms with Gasteiger partial charge in [0.2, 0.25) is 0 Å². The fraction of sp³-hybridized carbons (Fsp3) is 0.357. The standard InChI is InChI=1S/C14H15BrFN3/c1-19-14-4-2-3-13(10(14)8-17-19)18-9-5-6-12(16)11(15)7-9/h5-8,13,18H,2-4H2,1H3. The van der Waals surface area contributed by atoms with Gasteiger partial charge in [-0.15, -0.1) is 0 Å². The summed E-state index contributed by atoms with van der Waals surface area (Å²) in [6, 6.07) is 5.28. The van der Waals surface area contributed by atoms with Crippen molar-refractivity contribution >= 4 is 21.6 Å². The molecule has 19 heavy (non-hydrogen) atoms. The van der Waals surface area contributed by atoms with Crippen LogP contribution in [0.3, 0.4) is 0 Å². The van der Waals surface area contributed by atoms with Gasteiger partial charge in [-0.25, -0.2) is 4.39 Å². The molecular formula is C14H15BrFN3. The highest BCUT2D eigenvalue weighted by Gasteiger charge is 2.23. The van der Waals surface area contributed by atoms with Crippen LogP contribution < -0.4 is 5.32 Å². The lowest BCUT2D eigenvalue weighted by Gasteiger charge is -2.24. The summed E-state index contributed by atoms with van der Waals surface area (Å²) in [5.74, 6) is -0.240. The van der Waals surface area contributed by atoms with Gasteiger partial charge in [0.15, 0.2) is 0 Å². The number of benzene rings is 1. The van der Waals surface area contributed by atoms with Gasteiger partial charge in [0, 0.05) is 24.0 Å². The predicted octanol–water partition coefficient (Wildman–Crippen LogP) is 3.81. The van der Waals surface area contributed by atoms with Crippen molar-refractivity contribution in [3.8, 4) is 0 Å². The van der Waals surface area contributed by atoms with Crippen LogP contribution in [-0.2, 0) is 13.5 Å². The molecule has 1 aliphatic rings. The van der Waals surface area contributed by atoms with Gasteiger partial charge in [0.1, 0.15) is 5.82 Å². The summed E-state index contributed by atoms with van der Waals surface area (Å²) < 4.78 is 15.7. The Morgan fingerprint density at radius 3 is 3.11 bits per heavy atom. The van der Waals surface area contributed by atoms with Gasteiger partial charge in [0.05, 0.1) is 16.7 Å². The number of hydrogen-bond donors (Lipinski definition) is 1. The number of rotatable bonds is 2. The molecule has 3 rings (SSSR count). The lowest BCUT2D eigenvalue weighted by Crippen LogP contribution is -2.17. The molecule has 0 fully saturated rings. The Bertz CT molecular complexity index is 609. The van der Waals surface area contributed by atoms with Crippen molar-refractivity contribution in [3.63, 3.8) is 0 Å². The molecule has 1 N–H and O–H groups in total. The van der Waals surface area contributed by atoms with Crippen LogP contribution in [-0.4, -0.2) is 9.78 Å². The van der Waals surface area contributed by atoms with Crippen LogP contribution >= 0.6 is 15.9 Å². The van der Waals surface area contributed by atoms with Crippen molar-refractivity contribution < 1.29 is 4.39 Å². The van der Waals surface area contributed by atoms with Crippen LogP contribution in [0.1, 0.15) is 30.1 Å². The molecule has 2 aromatic rings. The van der Waals surface area contributed by atoms with Crippen molar-refractivity contribution in [2.45, 2.75) is 25.3 Å². The molecule has 1 aliphatic carbocycles. The maximum absolute atomic E-state index is 13.2. The Kier molecular flexibility index (Phi) is 3.31. The third-order valence-corrected chi connectivity index (χ3v) is 4.24. The molecule has 0 bridgehead atoms. The zero-order valence-electron chi connectivity index (χ0n) is 10.7. The fourth-order valence-corrected chi connectivity index (χ4v) is 3.02. The largest absolute Gasteiger partial charge is 0.378 e. The second-order valence-corrected chi connectivity index (χ2v) is 5.74. The quantitative estimate of drug-likeness (QED) is 0.910. The van der Waals surface area contributed by atoms with E-state index in [1.165, 1.54) is 17.3 Å². The number of halogens is 2. The molecular weight excluding hydrogens is 309 g/mol. The van der Waals surface area contributed by atoms with Crippen LogP contribution in [0.25, 0.3) is 0 Å². The lowest BCUT2D eigenvalue weighted by molar-refractivity contribution is 0.571. The van der Waals surface area contributed by atoms with Gasteiger partial charge in [0.25, 0.3) is 0 Å². The summed E-state index contributed by atoms with van der Waals surface area (Å²) in [7, 11) is 1.98. The molecule has 5 heteroatoms. The summed E-state index contributed by atoms with van der Waals surface area (Å²) in [6.07, 6.45) is 5.24. The van der Waals surface area contributed by atoms with E-state index in [4.69, 9.17) is 0 Å². The van der Waals surface area contributed by atoms with Crippen LogP contribution in [0.2, 0.25) is 0 Å². The zero-order valence-corrected chi connectivity index (χ0v) is 12.2. The van der Waals surface area contributed by atoms with Gasteiger partial charge in [-0.2, -0.15) is 5.10 Å².